The number of carboxylic acid groups (broad SMARTS) is 1. The molecule has 0 aliphatic heterocycles. The zero-order valence-corrected chi connectivity index (χ0v) is 11.8. The molecule has 0 heterocycles. The lowest BCUT2D eigenvalue weighted by atomic mass is 9.96. The molecule has 5 nitrogen and oxygen atoms in total. The summed E-state index contributed by atoms with van der Waals surface area (Å²) in [6, 6.07) is 0. The SMILES string of the molecule is CCC(CC)C(O)CNC(=O)C1CCC(C(=O)O)C1. The largest absolute Gasteiger partial charge is 0.481 e. The van der Waals surface area contributed by atoms with E-state index in [1.807, 2.05) is 13.8 Å². The third-order valence-electron chi connectivity index (χ3n) is 4.23. The van der Waals surface area contributed by atoms with Gasteiger partial charge in [-0.05, 0) is 25.2 Å². The van der Waals surface area contributed by atoms with Crippen LogP contribution < -0.4 is 5.32 Å². The molecule has 19 heavy (non-hydrogen) atoms. The molecule has 1 amide bonds. The number of aliphatic hydroxyl groups is 1. The van der Waals surface area contributed by atoms with Crippen LogP contribution in [0.1, 0.15) is 46.0 Å². The molecule has 3 unspecified atom stereocenters. The molecule has 0 aromatic rings. The van der Waals surface area contributed by atoms with Crippen molar-refractivity contribution in [2.45, 2.75) is 52.1 Å². The van der Waals surface area contributed by atoms with E-state index in [-0.39, 0.29) is 30.2 Å². The van der Waals surface area contributed by atoms with Gasteiger partial charge < -0.3 is 15.5 Å². The summed E-state index contributed by atoms with van der Waals surface area (Å²) in [6.07, 6.45) is 2.88. The smallest absolute Gasteiger partial charge is 0.306 e. The van der Waals surface area contributed by atoms with Crippen LogP contribution in [0.2, 0.25) is 0 Å². The summed E-state index contributed by atoms with van der Waals surface area (Å²) in [5.41, 5.74) is 0. The van der Waals surface area contributed by atoms with Crippen LogP contribution in [0, 0.1) is 17.8 Å². The van der Waals surface area contributed by atoms with Gasteiger partial charge in [0, 0.05) is 12.5 Å². The average molecular weight is 271 g/mol. The monoisotopic (exact) mass is 271 g/mol. The maximum atomic E-state index is 11.9. The van der Waals surface area contributed by atoms with Crippen LogP contribution in [0.15, 0.2) is 0 Å². The lowest BCUT2D eigenvalue weighted by Gasteiger charge is -2.21. The Hall–Kier alpha value is -1.10. The number of hydrogen-bond acceptors (Lipinski definition) is 3. The molecule has 3 N–H and O–H groups in total. The van der Waals surface area contributed by atoms with Crippen LogP contribution in [0.3, 0.4) is 0 Å². The Bertz CT molecular complexity index is 315. The van der Waals surface area contributed by atoms with Gasteiger partial charge in [-0.3, -0.25) is 9.59 Å². The molecule has 0 aromatic carbocycles. The summed E-state index contributed by atoms with van der Waals surface area (Å²) >= 11 is 0. The minimum Gasteiger partial charge on any atom is -0.481 e. The van der Waals surface area contributed by atoms with Crippen molar-refractivity contribution in [2.75, 3.05) is 6.54 Å². The third-order valence-corrected chi connectivity index (χ3v) is 4.23. The van der Waals surface area contributed by atoms with Gasteiger partial charge in [-0.15, -0.1) is 0 Å². The number of carboxylic acids is 1. The summed E-state index contributed by atoms with van der Waals surface area (Å²) in [6.45, 7) is 4.31. The Morgan fingerprint density at radius 3 is 2.26 bits per heavy atom. The fourth-order valence-electron chi connectivity index (χ4n) is 2.79. The van der Waals surface area contributed by atoms with Gasteiger partial charge in [-0.1, -0.05) is 26.7 Å². The Morgan fingerprint density at radius 1 is 1.21 bits per heavy atom. The highest BCUT2D eigenvalue weighted by atomic mass is 16.4. The number of carbonyl (C=O) groups is 2. The van der Waals surface area contributed by atoms with Crippen LogP contribution in [0.5, 0.6) is 0 Å². The van der Waals surface area contributed by atoms with E-state index in [1.165, 1.54) is 0 Å². The van der Waals surface area contributed by atoms with Crippen molar-refractivity contribution in [3.05, 3.63) is 0 Å². The number of aliphatic hydroxyl groups excluding tert-OH is 1. The summed E-state index contributed by atoms with van der Waals surface area (Å²) in [4.78, 5) is 22.7. The van der Waals surface area contributed by atoms with Crippen LogP contribution in [0.25, 0.3) is 0 Å². The second-order valence-electron chi connectivity index (χ2n) is 5.43. The van der Waals surface area contributed by atoms with Gasteiger partial charge in [0.25, 0.3) is 0 Å². The van der Waals surface area contributed by atoms with Gasteiger partial charge in [-0.25, -0.2) is 0 Å². The highest BCUT2D eigenvalue weighted by Crippen LogP contribution is 2.31. The molecule has 3 atom stereocenters. The lowest BCUT2D eigenvalue weighted by Crippen LogP contribution is -2.38. The quantitative estimate of drug-likeness (QED) is 0.653. The first-order valence-corrected chi connectivity index (χ1v) is 7.18. The topological polar surface area (TPSA) is 86.6 Å². The molecule has 0 bridgehead atoms. The molecule has 1 rings (SSSR count). The minimum atomic E-state index is -0.813. The number of hydrogen-bond donors (Lipinski definition) is 3. The Balaban J connectivity index is 2.34. The van der Waals surface area contributed by atoms with Crippen molar-refractivity contribution in [3.63, 3.8) is 0 Å². The van der Waals surface area contributed by atoms with Gasteiger partial charge in [0.15, 0.2) is 0 Å². The maximum Gasteiger partial charge on any atom is 0.306 e. The van der Waals surface area contributed by atoms with Crippen molar-refractivity contribution in [1.82, 2.24) is 5.32 Å². The molecule has 0 radical (unpaired) electrons. The summed E-state index contributed by atoms with van der Waals surface area (Å²) < 4.78 is 0. The molecule has 1 aliphatic carbocycles. The molecule has 0 spiro atoms. The molecule has 1 saturated carbocycles. The van der Waals surface area contributed by atoms with Crippen LogP contribution in [-0.4, -0.2) is 34.7 Å². The van der Waals surface area contributed by atoms with Crippen LogP contribution in [-0.2, 0) is 9.59 Å². The normalized spacial score (nSPS) is 24.4. The second-order valence-corrected chi connectivity index (χ2v) is 5.43. The number of rotatable bonds is 7. The van der Waals surface area contributed by atoms with E-state index in [9.17, 15) is 14.7 Å². The first-order valence-electron chi connectivity index (χ1n) is 7.18. The lowest BCUT2D eigenvalue weighted by molar-refractivity contribution is -0.141. The van der Waals surface area contributed by atoms with E-state index in [0.29, 0.717) is 19.3 Å². The van der Waals surface area contributed by atoms with E-state index in [4.69, 9.17) is 5.11 Å². The molecule has 1 fully saturated rings. The van der Waals surface area contributed by atoms with E-state index < -0.39 is 12.1 Å². The predicted molar refractivity (Wildman–Crippen MR) is 71.6 cm³/mol. The van der Waals surface area contributed by atoms with Crippen LogP contribution >= 0.6 is 0 Å². The number of aliphatic carboxylic acids is 1. The number of amides is 1. The highest BCUT2D eigenvalue weighted by Gasteiger charge is 2.33. The molecule has 5 heteroatoms. The zero-order valence-electron chi connectivity index (χ0n) is 11.8. The van der Waals surface area contributed by atoms with Crippen molar-refractivity contribution >= 4 is 11.9 Å². The van der Waals surface area contributed by atoms with Crippen molar-refractivity contribution in [2.24, 2.45) is 17.8 Å². The minimum absolute atomic E-state index is 0.117. The van der Waals surface area contributed by atoms with Gasteiger partial charge >= 0.3 is 5.97 Å². The fraction of sp³-hybridized carbons (Fsp3) is 0.857. The van der Waals surface area contributed by atoms with E-state index >= 15 is 0 Å². The Morgan fingerprint density at radius 2 is 1.79 bits per heavy atom. The first-order chi connectivity index (χ1) is 8.99. The van der Waals surface area contributed by atoms with Gasteiger partial charge in [-0.2, -0.15) is 0 Å². The average Bonchev–Trinajstić information content (AvgIpc) is 2.87. The molecule has 0 aromatic heterocycles. The molecule has 110 valence electrons. The fourth-order valence-corrected chi connectivity index (χ4v) is 2.79. The summed E-state index contributed by atoms with van der Waals surface area (Å²) in [5.74, 6) is -1.33. The zero-order chi connectivity index (χ0) is 14.4. The third kappa shape index (κ3) is 4.49. The van der Waals surface area contributed by atoms with Gasteiger partial charge in [0.1, 0.15) is 0 Å². The van der Waals surface area contributed by atoms with Gasteiger partial charge in [0.2, 0.25) is 5.91 Å². The summed E-state index contributed by atoms with van der Waals surface area (Å²) in [5, 5.41) is 21.6. The standard InChI is InChI=1S/C14H25NO4/c1-3-9(4-2)12(16)8-15-13(17)10-5-6-11(7-10)14(18)19/h9-12,16H,3-8H2,1-2H3,(H,15,17)(H,18,19). The second kappa shape index (κ2) is 7.48. The molecular weight excluding hydrogens is 246 g/mol. The van der Waals surface area contributed by atoms with Crippen LogP contribution in [0.4, 0.5) is 0 Å². The van der Waals surface area contributed by atoms with Crippen molar-refractivity contribution in [1.29, 1.82) is 0 Å². The highest BCUT2D eigenvalue weighted by molar-refractivity contribution is 5.80. The number of nitrogens with one attached hydrogen (secondary N) is 1. The van der Waals surface area contributed by atoms with Crippen molar-refractivity contribution < 1.29 is 19.8 Å². The first kappa shape index (κ1) is 16.0. The summed E-state index contributed by atoms with van der Waals surface area (Å²) in [7, 11) is 0. The number of carbonyl (C=O) groups excluding carboxylic acids is 1. The van der Waals surface area contributed by atoms with E-state index in [2.05, 4.69) is 5.32 Å². The molecule has 0 saturated heterocycles. The Labute approximate surface area is 114 Å². The predicted octanol–water partition coefficient (Wildman–Crippen LogP) is 1.40. The molecule has 1 aliphatic rings. The maximum absolute atomic E-state index is 11.9. The van der Waals surface area contributed by atoms with E-state index in [0.717, 1.165) is 12.8 Å². The van der Waals surface area contributed by atoms with Gasteiger partial charge in [0.05, 0.1) is 12.0 Å². The van der Waals surface area contributed by atoms with Crippen molar-refractivity contribution in [3.8, 4) is 0 Å². The molecular formula is C14H25NO4. The Kier molecular flexibility index (Phi) is 6.28. The van der Waals surface area contributed by atoms with E-state index in [1.54, 1.807) is 0 Å².